The van der Waals surface area contributed by atoms with Crippen molar-refractivity contribution in [3.05, 3.63) is 75.0 Å². The molecule has 262 valence electrons. The summed E-state index contributed by atoms with van der Waals surface area (Å²) in [6.07, 6.45) is -0.631. The molecule has 3 aromatic heterocycles. The number of piperazine rings is 1. The minimum absolute atomic E-state index is 0.100. The molecule has 3 aliphatic heterocycles. The highest BCUT2D eigenvalue weighted by Gasteiger charge is 2.41. The number of hydrogen-bond acceptors (Lipinski definition) is 10. The van der Waals surface area contributed by atoms with Crippen molar-refractivity contribution in [2.75, 3.05) is 49.6 Å². The van der Waals surface area contributed by atoms with Crippen molar-refractivity contribution in [3.63, 3.8) is 0 Å². The van der Waals surface area contributed by atoms with Gasteiger partial charge in [0.15, 0.2) is 17.3 Å². The van der Waals surface area contributed by atoms with Gasteiger partial charge >= 0.3 is 6.18 Å². The van der Waals surface area contributed by atoms with E-state index >= 15 is 0 Å². The second-order valence-electron chi connectivity index (χ2n) is 12.7. The molecular formula is C33H34F3N9O5. The number of aromatic nitrogens is 6. The van der Waals surface area contributed by atoms with Crippen LogP contribution in [0.2, 0.25) is 0 Å². The number of anilines is 2. The van der Waals surface area contributed by atoms with Gasteiger partial charge in [-0.15, -0.1) is 5.10 Å². The first kappa shape index (κ1) is 33.2. The maximum absolute atomic E-state index is 14.3. The highest BCUT2D eigenvalue weighted by atomic mass is 19.4. The lowest BCUT2D eigenvalue weighted by molar-refractivity contribution is -0.137. The number of ether oxygens (including phenoxy) is 1. The molecule has 0 saturated carbocycles. The Morgan fingerprint density at radius 1 is 1.10 bits per heavy atom. The van der Waals surface area contributed by atoms with Crippen LogP contribution in [0.5, 0.6) is 5.75 Å². The molecule has 0 aliphatic carbocycles. The number of alkyl halides is 3. The summed E-state index contributed by atoms with van der Waals surface area (Å²) in [4.78, 5) is 57.6. The van der Waals surface area contributed by atoms with Gasteiger partial charge in [0.05, 0.1) is 30.2 Å². The predicted molar refractivity (Wildman–Crippen MR) is 174 cm³/mol. The van der Waals surface area contributed by atoms with E-state index in [0.29, 0.717) is 43.3 Å². The topological polar surface area (TPSA) is 160 Å². The summed E-state index contributed by atoms with van der Waals surface area (Å²) < 4.78 is 48.3. The summed E-state index contributed by atoms with van der Waals surface area (Å²) in [5.41, 5.74) is 1.14. The summed E-state index contributed by atoms with van der Waals surface area (Å²) in [5.74, 6) is -0.999. The third-order valence-electron chi connectivity index (χ3n) is 9.51. The van der Waals surface area contributed by atoms with E-state index < -0.39 is 35.2 Å². The Morgan fingerprint density at radius 2 is 1.86 bits per heavy atom. The Hall–Kier alpha value is -5.32. The van der Waals surface area contributed by atoms with Gasteiger partial charge in [0.1, 0.15) is 18.1 Å². The van der Waals surface area contributed by atoms with E-state index in [2.05, 4.69) is 20.4 Å². The molecule has 6 heterocycles. The number of nitrogens with one attached hydrogen (secondary N) is 1. The van der Waals surface area contributed by atoms with Gasteiger partial charge in [-0.1, -0.05) is 13.0 Å². The van der Waals surface area contributed by atoms with E-state index in [0.717, 1.165) is 17.7 Å². The van der Waals surface area contributed by atoms with Crippen LogP contribution < -0.4 is 15.8 Å². The summed E-state index contributed by atoms with van der Waals surface area (Å²) in [6, 6.07) is 2.28. The Kier molecular flexibility index (Phi) is 8.32. The minimum Gasteiger partial charge on any atom is -0.504 e. The number of aryl methyl sites for hydroxylation is 2. The molecule has 14 nitrogen and oxygen atoms in total. The number of amides is 2. The van der Waals surface area contributed by atoms with Gasteiger partial charge in [0, 0.05) is 37.8 Å². The lowest BCUT2D eigenvalue weighted by Gasteiger charge is -2.36. The SMILES string of the molecule is Cc1cc(C(F)(F)F)ccc1NC(=O)C1CC(C)c2c(N3CCN(C(=O)c4ncnc(C)c4O)CC3)c(=O)n3nc(C4=CCOCC4)nc3n21. The second kappa shape index (κ2) is 12.5. The molecule has 50 heavy (non-hydrogen) atoms. The maximum atomic E-state index is 14.3. The molecule has 1 saturated heterocycles. The standard InChI is InChI=1S/C33H34F3N9O5/c1-17-14-21(33(34,35)36)4-5-22(17)39-29(47)23-15-18(2)25-26(31(49)45-32(44(23)25)40-28(41-45)20-6-12-50-13-7-20)42-8-10-43(11-9-42)30(48)24-27(46)19(3)37-16-38-24/h4-6,14,16,18,23,46H,7-13,15H2,1-3H3,(H,39,47). The van der Waals surface area contributed by atoms with Crippen molar-refractivity contribution in [2.24, 2.45) is 0 Å². The largest absolute Gasteiger partial charge is 0.504 e. The first-order valence-electron chi connectivity index (χ1n) is 16.2. The summed E-state index contributed by atoms with van der Waals surface area (Å²) in [5, 5.41) is 17.8. The first-order valence-corrected chi connectivity index (χ1v) is 16.2. The van der Waals surface area contributed by atoms with Crippen molar-refractivity contribution in [2.45, 2.75) is 51.7 Å². The number of aromatic hydroxyl groups is 1. The molecular weight excluding hydrogens is 659 g/mol. The van der Waals surface area contributed by atoms with E-state index in [-0.39, 0.29) is 66.3 Å². The van der Waals surface area contributed by atoms with Crippen molar-refractivity contribution >= 4 is 34.5 Å². The van der Waals surface area contributed by atoms with E-state index in [4.69, 9.17) is 9.72 Å². The zero-order chi connectivity index (χ0) is 35.5. The van der Waals surface area contributed by atoms with Crippen LogP contribution in [-0.4, -0.2) is 90.3 Å². The predicted octanol–water partition coefficient (Wildman–Crippen LogP) is 3.48. The fraction of sp³-hybridized carbons (Fsp3) is 0.424. The third kappa shape index (κ3) is 5.74. The number of fused-ring (bicyclic) bond motifs is 3. The molecule has 0 bridgehead atoms. The molecule has 17 heteroatoms. The van der Waals surface area contributed by atoms with Gasteiger partial charge in [0.25, 0.3) is 11.5 Å². The summed E-state index contributed by atoms with van der Waals surface area (Å²) in [7, 11) is 0. The quantitative estimate of drug-likeness (QED) is 0.317. The van der Waals surface area contributed by atoms with Crippen LogP contribution in [0.15, 0.2) is 35.4 Å². The van der Waals surface area contributed by atoms with E-state index in [1.165, 1.54) is 23.8 Å². The zero-order valence-corrected chi connectivity index (χ0v) is 27.5. The number of rotatable bonds is 5. The lowest BCUT2D eigenvalue weighted by Crippen LogP contribution is -2.51. The molecule has 2 N–H and O–H groups in total. The lowest BCUT2D eigenvalue weighted by atomic mass is 10.0. The second-order valence-corrected chi connectivity index (χ2v) is 12.7. The van der Waals surface area contributed by atoms with Crippen molar-refractivity contribution in [3.8, 4) is 5.75 Å². The number of hydrogen-bond donors (Lipinski definition) is 2. The molecule has 2 amide bonds. The van der Waals surface area contributed by atoms with Crippen LogP contribution in [0.3, 0.4) is 0 Å². The van der Waals surface area contributed by atoms with Crippen LogP contribution >= 0.6 is 0 Å². The molecule has 7 rings (SSSR count). The number of benzene rings is 1. The summed E-state index contributed by atoms with van der Waals surface area (Å²) in [6.45, 7) is 6.78. The van der Waals surface area contributed by atoms with Gasteiger partial charge in [-0.05, 0) is 56.0 Å². The third-order valence-corrected chi connectivity index (χ3v) is 9.51. The van der Waals surface area contributed by atoms with Crippen LogP contribution in [-0.2, 0) is 15.7 Å². The number of nitrogens with zero attached hydrogens (tertiary/aromatic N) is 8. The van der Waals surface area contributed by atoms with Crippen molar-refractivity contribution in [1.29, 1.82) is 0 Å². The zero-order valence-electron chi connectivity index (χ0n) is 27.5. The van der Waals surface area contributed by atoms with Gasteiger partial charge < -0.3 is 25.0 Å². The smallest absolute Gasteiger partial charge is 0.416 e. The van der Waals surface area contributed by atoms with Crippen LogP contribution in [0.4, 0.5) is 24.5 Å². The van der Waals surface area contributed by atoms with E-state index in [1.807, 2.05) is 17.9 Å². The van der Waals surface area contributed by atoms with Gasteiger partial charge in [0.2, 0.25) is 11.7 Å². The Morgan fingerprint density at radius 3 is 2.54 bits per heavy atom. The van der Waals surface area contributed by atoms with Crippen LogP contribution in [0.25, 0.3) is 11.4 Å². The molecule has 0 spiro atoms. The van der Waals surface area contributed by atoms with E-state index in [1.54, 1.807) is 16.4 Å². The van der Waals surface area contributed by atoms with E-state index in [9.17, 15) is 32.7 Å². The van der Waals surface area contributed by atoms with Gasteiger partial charge in [-0.3, -0.25) is 19.0 Å². The molecule has 2 atom stereocenters. The molecule has 1 fully saturated rings. The van der Waals surface area contributed by atoms with Gasteiger partial charge in [-0.25, -0.2) is 9.97 Å². The fourth-order valence-corrected chi connectivity index (χ4v) is 6.85. The summed E-state index contributed by atoms with van der Waals surface area (Å²) >= 11 is 0. The molecule has 0 radical (unpaired) electrons. The Bertz CT molecular complexity index is 2120. The molecule has 4 aromatic rings. The first-order chi connectivity index (χ1) is 23.8. The fourth-order valence-electron chi connectivity index (χ4n) is 6.85. The monoisotopic (exact) mass is 693 g/mol. The number of carbonyl (C=O) groups excluding carboxylic acids is 2. The van der Waals surface area contributed by atoms with Crippen molar-refractivity contribution < 1.29 is 32.6 Å². The average molecular weight is 694 g/mol. The normalized spacial score (nSPS) is 19.4. The number of halogens is 3. The van der Waals surface area contributed by atoms with Crippen LogP contribution in [0.1, 0.15) is 70.6 Å². The molecule has 1 aromatic carbocycles. The maximum Gasteiger partial charge on any atom is 0.416 e. The minimum atomic E-state index is -4.53. The molecule has 3 aliphatic rings. The highest BCUT2D eigenvalue weighted by molar-refractivity contribution is 5.96. The van der Waals surface area contributed by atoms with Crippen molar-refractivity contribution in [1.82, 2.24) is 34.0 Å². The molecule has 2 unspecified atom stereocenters. The Balaban J connectivity index is 1.26. The average Bonchev–Trinajstić information content (AvgIpc) is 3.69. The van der Waals surface area contributed by atoms with Gasteiger partial charge in [-0.2, -0.15) is 22.7 Å². The Labute approximate surface area is 283 Å². The van der Waals surface area contributed by atoms with Crippen LogP contribution in [0, 0.1) is 13.8 Å². The number of carbonyl (C=O) groups is 2. The highest BCUT2D eigenvalue weighted by Crippen LogP contribution is 2.42.